The summed E-state index contributed by atoms with van der Waals surface area (Å²) in [4.78, 5) is 9.44. The highest BCUT2D eigenvalue weighted by Gasteiger charge is 2.21. The highest BCUT2D eigenvalue weighted by molar-refractivity contribution is 14.0. The Bertz CT molecular complexity index is 876. The van der Waals surface area contributed by atoms with Gasteiger partial charge in [-0.15, -0.1) is 24.0 Å². The molecule has 1 aliphatic heterocycles. The van der Waals surface area contributed by atoms with Gasteiger partial charge in [0.2, 0.25) is 0 Å². The van der Waals surface area contributed by atoms with Crippen molar-refractivity contribution in [2.45, 2.75) is 13.5 Å². The maximum atomic E-state index is 8.96. The van der Waals surface area contributed by atoms with Crippen molar-refractivity contribution in [1.29, 1.82) is 0 Å². The molecule has 2 aromatic rings. The summed E-state index contributed by atoms with van der Waals surface area (Å²) in [5.41, 5.74) is 2.11. The second-order valence-electron chi connectivity index (χ2n) is 7.15. The molecule has 0 atom stereocenters. The molecule has 9 heteroatoms. The smallest absolute Gasteiger partial charge is 0.194 e. The molecule has 0 aliphatic carbocycles. The van der Waals surface area contributed by atoms with Crippen LogP contribution in [0.5, 0.6) is 11.5 Å². The predicted octanol–water partition coefficient (Wildman–Crippen LogP) is 3.63. The Labute approximate surface area is 212 Å². The van der Waals surface area contributed by atoms with Gasteiger partial charge in [-0.1, -0.05) is 29.8 Å². The molecule has 3 rings (SSSR count). The number of anilines is 1. The Morgan fingerprint density at radius 3 is 2.53 bits per heavy atom. The molecule has 0 aromatic heterocycles. The molecule has 176 valence electrons. The van der Waals surface area contributed by atoms with Gasteiger partial charge < -0.3 is 29.7 Å². The third-order valence-electron chi connectivity index (χ3n) is 5.10. The molecule has 0 spiro atoms. The van der Waals surface area contributed by atoms with Crippen LogP contribution in [-0.2, 0) is 6.54 Å². The van der Waals surface area contributed by atoms with E-state index in [-0.39, 0.29) is 37.2 Å². The molecule has 2 N–H and O–H groups in total. The van der Waals surface area contributed by atoms with E-state index >= 15 is 0 Å². The van der Waals surface area contributed by atoms with Crippen LogP contribution in [0.2, 0.25) is 5.02 Å². The van der Waals surface area contributed by atoms with Gasteiger partial charge in [0.1, 0.15) is 6.61 Å². The topological polar surface area (TPSA) is 69.6 Å². The third-order valence-corrected chi connectivity index (χ3v) is 5.42. The zero-order valence-electron chi connectivity index (χ0n) is 18.6. The molecular weight excluding hydrogens is 543 g/mol. The van der Waals surface area contributed by atoms with Crippen molar-refractivity contribution in [1.82, 2.24) is 10.2 Å². The monoisotopic (exact) mass is 574 g/mol. The minimum atomic E-state index is -0.0367. The van der Waals surface area contributed by atoms with Gasteiger partial charge in [0.05, 0.1) is 31.0 Å². The maximum absolute atomic E-state index is 8.96. The molecule has 0 saturated carbocycles. The van der Waals surface area contributed by atoms with Crippen LogP contribution in [-0.4, -0.2) is 69.0 Å². The summed E-state index contributed by atoms with van der Waals surface area (Å²) in [6.45, 7) is 7.13. The fourth-order valence-electron chi connectivity index (χ4n) is 3.54. The van der Waals surface area contributed by atoms with Gasteiger partial charge in [-0.05, 0) is 36.8 Å². The number of methoxy groups -OCH3 is 1. The largest absolute Gasteiger partial charge is 0.493 e. The van der Waals surface area contributed by atoms with Gasteiger partial charge in [-0.3, -0.25) is 0 Å². The lowest BCUT2D eigenvalue weighted by molar-refractivity contribution is 0.196. The number of aliphatic imine (C=N–C) groups is 1. The Balaban J connectivity index is 0.00000363. The van der Waals surface area contributed by atoms with E-state index in [1.807, 2.05) is 36.4 Å². The Morgan fingerprint density at radius 1 is 1.12 bits per heavy atom. The van der Waals surface area contributed by atoms with Crippen molar-refractivity contribution in [3.63, 3.8) is 0 Å². The molecular formula is C23H32ClIN4O3. The van der Waals surface area contributed by atoms with Crippen molar-refractivity contribution in [2.75, 3.05) is 57.9 Å². The van der Waals surface area contributed by atoms with E-state index in [1.54, 1.807) is 7.11 Å². The van der Waals surface area contributed by atoms with E-state index in [0.717, 1.165) is 55.0 Å². The van der Waals surface area contributed by atoms with E-state index in [4.69, 9.17) is 31.2 Å². The lowest BCUT2D eigenvalue weighted by Gasteiger charge is -2.38. The number of ether oxygens (including phenoxy) is 2. The number of rotatable bonds is 8. The molecule has 1 heterocycles. The fourth-order valence-corrected chi connectivity index (χ4v) is 3.80. The van der Waals surface area contributed by atoms with Gasteiger partial charge in [0.25, 0.3) is 0 Å². The van der Waals surface area contributed by atoms with Crippen LogP contribution < -0.4 is 19.7 Å². The summed E-state index contributed by atoms with van der Waals surface area (Å²) in [5, 5.41) is 13.1. The maximum Gasteiger partial charge on any atom is 0.194 e. The first kappa shape index (κ1) is 26.3. The number of hydrogen-bond acceptors (Lipinski definition) is 5. The Kier molecular flexibility index (Phi) is 11.2. The number of nitrogens with one attached hydrogen (secondary N) is 1. The van der Waals surface area contributed by atoms with Crippen LogP contribution in [0.3, 0.4) is 0 Å². The van der Waals surface area contributed by atoms with Crippen LogP contribution in [0.4, 0.5) is 5.69 Å². The first-order valence-corrected chi connectivity index (χ1v) is 11.0. The molecule has 0 unspecified atom stereocenters. The minimum absolute atomic E-state index is 0. The summed E-state index contributed by atoms with van der Waals surface area (Å²) >= 11 is 6.36. The molecule has 1 aliphatic rings. The molecule has 0 radical (unpaired) electrons. The van der Waals surface area contributed by atoms with E-state index in [2.05, 4.69) is 28.1 Å². The van der Waals surface area contributed by atoms with Crippen molar-refractivity contribution < 1.29 is 14.6 Å². The third kappa shape index (κ3) is 7.05. The average Bonchev–Trinajstić information content (AvgIpc) is 2.81. The van der Waals surface area contributed by atoms with Gasteiger partial charge in [-0.25, -0.2) is 4.99 Å². The second kappa shape index (κ2) is 13.6. The number of hydrogen-bond donors (Lipinski definition) is 2. The molecule has 7 nitrogen and oxygen atoms in total. The van der Waals surface area contributed by atoms with Crippen LogP contribution in [0.25, 0.3) is 0 Å². The van der Waals surface area contributed by atoms with Crippen molar-refractivity contribution >= 4 is 47.2 Å². The zero-order valence-corrected chi connectivity index (χ0v) is 21.7. The van der Waals surface area contributed by atoms with Gasteiger partial charge >= 0.3 is 0 Å². The Hall–Kier alpha value is -1.91. The summed E-state index contributed by atoms with van der Waals surface area (Å²) in [5.74, 6) is 2.16. The Morgan fingerprint density at radius 2 is 1.88 bits per heavy atom. The summed E-state index contributed by atoms with van der Waals surface area (Å²) in [6, 6.07) is 13.7. The molecule has 2 aromatic carbocycles. The lowest BCUT2D eigenvalue weighted by Crippen LogP contribution is -2.52. The number of para-hydroxylation sites is 1. The van der Waals surface area contributed by atoms with Crippen LogP contribution in [0.1, 0.15) is 12.5 Å². The molecule has 1 fully saturated rings. The van der Waals surface area contributed by atoms with Crippen molar-refractivity contribution in [3.8, 4) is 11.5 Å². The summed E-state index contributed by atoms with van der Waals surface area (Å²) in [6.07, 6.45) is 0. The number of guanidine groups is 1. The van der Waals surface area contributed by atoms with Crippen LogP contribution in [0, 0.1) is 0 Å². The fraction of sp³-hybridized carbons (Fsp3) is 0.435. The summed E-state index contributed by atoms with van der Waals surface area (Å²) in [7, 11) is 1.61. The molecule has 0 amide bonds. The van der Waals surface area contributed by atoms with Gasteiger partial charge in [0, 0.05) is 32.7 Å². The summed E-state index contributed by atoms with van der Waals surface area (Å²) < 4.78 is 10.9. The lowest BCUT2D eigenvalue weighted by atomic mass is 10.2. The number of aliphatic hydroxyl groups is 1. The normalized spacial score (nSPS) is 14.1. The molecule has 0 bridgehead atoms. The number of halogens is 2. The SMILES string of the molecule is CCNC(=NCc1ccc(OCCO)c(OC)c1)N1CCN(c2ccccc2Cl)CC1.I. The molecule has 32 heavy (non-hydrogen) atoms. The highest BCUT2D eigenvalue weighted by atomic mass is 127. The number of nitrogens with zero attached hydrogens (tertiary/aromatic N) is 3. The quantitative estimate of drug-likeness (QED) is 0.285. The number of piperazine rings is 1. The highest BCUT2D eigenvalue weighted by Crippen LogP contribution is 2.28. The number of aliphatic hydroxyl groups excluding tert-OH is 1. The molecule has 1 saturated heterocycles. The van der Waals surface area contributed by atoms with E-state index in [9.17, 15) is 0 Å². The van der Waals surface area contributed by atoms with E-state index in [0.29, 0.717) is 18.0 Å². The van der Waals surface area contributed by atoms with Crippen LogP contribution >= 0.6 is 35.6 Å². The van der Waals surface area contributed by atoms with Crippen molar-refractivity contribution in [2.24, 2.45) is 4.99 Å². The van der Waals surface area contributed by atoms with Gasteiger partial charge in [-0.2, -0.15) is 0 Å². The van der Waals surface area contributed by atoms with E-state index in [1.165, 1.54) is 0 Å². The van der Waals surface area contributed by atoms with Crippen LogP contribution in [0.15, 0.2) is 47.5 Å². The minimum Gasteiger partial charge on any atom is -0.493 e. The number of benzene rings is 2. The zero-order chi connectivity index (χ0) is 22.1. The predicted molar refractivity (Wildman–Crippen MR) is 141 cm³/mol. The second-order valence-corrected chi connectivity index (χ2v) is 7.56. The van der Waals surface area contributed by atoms with E-state index < -0.39 is 0 Å². The standard InChI is InChI=1S/C23H31ClN4O3.HI/c1-3-25-23(26-17-18-8-9-21(31-15-14-29)22(16-18)30-2)28-12-10-27(11-13-28)20-7-5-4-6-19(20)24;/h4-9,16,29H,3,10-15,17H2,1-2H3,(H,25,26);1H. The van der Waals surface area contributed by atoms with Crippen molar-refractivity contribution in [3.05, 3.63) is 53.1 Å². The first-order valence-electron chi connectivity index (χ1n) is 10.6. The average molecular weight is 575 g/mol. The first-order chi connectivity index (χ1) is 15.2. The van der Waals surface area contributed by atoms with Gasteiger partial charge in [0.15, 0.2) is 17.5 Å².